The van der Waals surface area contributed by atoms with Crippen LogP contribution in [-0.2, 0) is 13.6 Å². The zero-order chi connectivity index (χ0) is 14.7. The number of anilines is 1. The number of nitrogens with one attached hydrogen (secondary N) is 1. The molecule has 0 saturated heterocycles. The Kier molecular flexibility index (Phi) is 3.61. The lowest BCUT2D eigenvalue weighted by molar-refractivity contribution is -0.385. The Morgan fingerprint density at radius 2 is 2.30 bits per heavy atom. The minimum Gasteiger partial charge on any atom is -0.366 e. The number of rotatable bonds is 4. The Hall–Kier alpha value is -2.95. The van der Waals surface area contributed by atoms with E-state index in [4.69, 9.17) is 5.26 Å². The Morgan fingerprint density at radius 1 is 1.55 bits per heavy atom. The smallest absolute Gasteiger partial charge is 0.305 e. The molecule has 0 unspecified atom stereocenters. The van der Waals surface area contributed by atoms with E-state index in [-0.39, 0.29) is 11.4 Å². The van der Waals surface area contributed by atoms with Gasteiger partial charge in [-0.2, -0.15) is 10.4 Å². The average molecular weight is 272 g/mol. The Labute approximate surface area is 114 Å². The summed E-state index contributed by atoms with van der Waals surface area (Å²) in [6, 6.07) is 4.47. The van der Waals surface area contributed by atoms with Crippen LogP contribution in [0.4, 0.5) is 11.5 Å². The van der Waals surface area contributed by atoms with Crippen LogP contribution in [0.5, 0.6) is 0 Å². The first-order valence-corrected chi connectivity index (χ1v) is 5.80. The Balaban J connectivity index is 2.17. The molecule has 0 atom stereocenters. The summed E-state index contributed by atoms with van der Waals surface area (Å²) < 4.78 is 1.75. The van der Waals surface area contributed by atoms with Gasteiger partial charge in [-0.15, -0.1) is 0 Å². The minimum atomic E-state index is -0.624. The van der Waals surface area contributed by atoms with Crippen molar-refractivity contribution in [3.05, 3.63) is 45.4 Å². The topological polar surface area (TPSA) is 110 Å². The van der Waals surface area contributed by atoms with Crippen molar-refractivity contribution in [2.45, 2.75) is 13.5 Å². The summed E-state index contributed by atoms with van der Waals surface area (Å²) in [5, 5.41) is 26.7. The molecule has 8 nitrogen and oxygen atoms in total. The fourth-order valence-electron chi connectivity index (χ4n) is 1.68. The molecular weight excluding hydrogens is 260 g/mol. The zero-order valence-electron chi connectivity index (χ0n) is 11.0. The number of pyridine rings is 1. The van der Waals surface area contributed by atoms with Crippen LogP contribution in [0.15, 0.2) is 18.3 Å². The van der Waals surface area contributed by atoms with E-state index in [9.17, 15) is 10.1 Å². The summed E-state index contributed by atoms with van der Waals surface area (Å²) in [5.74, 6) is 0.412. The van der Waals surface area contributed by atoms with Gasteiger partial charge in [0.05, 0.1) is 11.1 Å². The van der Waals surface area contributed by atoms with Crippen LogP contribution in [0, 0.1) is 28.4 Å². The van der Waals surface area contributed by atoms with Gasteiger partial charge in [0.25, 0.3) is 0 Å². The number of hydrogen-bond donors (Lipinski definition) is 1. The number of nitro groups is 1. The summed E-state index contributed by atoms with van der Waals surface area (Å²) in [4.78, 5) is 14.0. The van der Waals surface area contributed by atoms with Gasteiger partial charge in [-0.05, 0) is 13.0 Å². The van der Waals surface area contributed by atoms with E-state index in [2.05, 4.69) is 15.4 Å². The van der Waals surface area contributed by atoms with Crippen molar-refractivity contribution >= 4 is 11.5 Å². The van der Waals surface area contributed by atoms with E-state index in [0.717, 1.165) is 11.3 Å². The van der Waals surface area contributed by atoms with Crippen molar-refractivity contribution in [1.29, 1.82) is 5.26 Å². The second-order valence-corrected chi connectivity index (χ2v) is 4.17. The van der Waals surface area contributed by atoms with Crippen LogP contribution in [0.1, 0.15) is 17.0 Å². The first-order chi connectivity index (χ1) is 9.52. The summed E-state index contributed by atoms with van der Waals surface area (Å²) in [5.41, 5.74) is 1.50. The van der Waals surface area contributed by atoms with Gasteiger partial charge in [0.15, 0.2) is 0 Å². The second-order valence-electron chi connectivity index (χ2n) is 4.17. The maximum atomic E-state index is 10.7. The van der Waals surface area contributed by atoms with Crippen molar-refractivity contribution in [2.24, 2.45) is 7.05 Å². The average Bonchev–Trinajstić information content (AvgIpc) is 2.76. The van der Waals surface area contributed by atoms with E-state index >= 15 is 0 Å². The third kappa shape index (κ3) is 2.56. The van der Waals surface area contributed by atoms with Gasteiger partial charge in [-0.3, -0.25) is 14.8 Å². The molecule has 8 heteroatoms. The van der Waals surface area contributed by atoms with Gasteiger partial charge in [-0.1, -0.05) is 0 Å². The molecule has 0 spiro atoms. The van der Waals surface area contributed by atoms with Crippen molar-refractivity contribution in [2.75, 3.05) is 5.32 Å². The molecule has 2 aromatic heterocycles. The van der Waals surface area contributed by atoms with Crippen molar-refractivity contribution in [1.82, 2.24) is 14.8 Å². The Morgan fingerprint density at radius 3 is 2.85 bits per heavy atom. The molecule has 0 amide bonds. The number of nitrogens with zero attached hydrogens (tertiary/aromatic N) is 5. The normalized spacial score (nSPS) is 10.1. The van der Waals surface area contributed by atoms with Crippen molar-refractivity contribution in [3.63, 3.8) is 0 Å². The SMILES string of the molecule is Cc1c(CNc2ccc([N+](=O)[O-])c(C#N)n2)cnn1C. The molecule has 0 bridgehead atoms. The molecule has 2 rings (SSSR count). The fraction of sp³-hybridized carbons (Fsp3) is 0.250. The van der Waals surface area contributed by atoms with Gasteiger partial charge < -0.3 is 5.32 Å². The second kappa shape index (κ2) is 5.36. The molecule has 102 valence electrons. The molecule has 2 aromatic rings. The van der Waals surface area contributed by atoms with Gasteiger partial charge in [0, 0.05) is 30.9 Å². The highest BCUT2D eigenvalue weighted by molar-refractivity contribution is 5.50. The summed E-state index contributed by atoms with van der Waals surface area (Å²) in [6.07, 6.45) is 1.74. The van der Waals surface area contributed by atoms with E-state index in [0.29, 0.717) is 12.4 Å². The van der Waals surface area contributed by atoms with E-state index in [1.807, 2.05) is 14.0 Å². The molecule has 0 aliphatic carbocycles. The van der Waals surface area contributed by atoms with Crippen LogP contribution in [0.3, 0.4) is 0 Å². The zero-order valence-corrected chi connectivity index (χ0v) is 11.0. The predicted molar refractivity (Wildman–Crippen MR) is 70.9 cm³/mol. The van der Waals surface area contributed by atoms with Gasteiger partial charge in [0.1, 0.15) is 11.9 Å². The first kappa shape index (κ1) is 13.5. The van der Waals surface area contributed by atoms with E-state index < -0.39 is 4.92 Å². The van der Waals surface area contributed by atoms with Crippen molar-refractivity contribution in [3.8, 4) is 6.07 Å². The number of aromatic nitrogens is 3. The summed E-state index contributed by atoms with van der Waals surface area (Å²) in [6.45, 7) is 2.42. The lowest BCUT2D eigenvalue weighted by Gasteiger charge is -2.05. The van der Waals surface area contributed by atoms with Gasteiger partial charge in [0.2, 0.25) is 5.69 Å². The van der Waals surface area contributed by atoms with Crippen LogP contribution in [0.25, 0.3) is 0 Å². The molecule has 20 heavy (non-hydrogen) atoms. The highest BCUT2D eigenvalue weighted by Gasteiger charge is 2.15. The molecule has 0 aliphatic heterocycles. The first-order valence-electron chi connectivity index (χ1n) is 5.80. The fourth-order valence-corrected chi connectivity index (χ4v) is 1.68. The van der Waals surface area contributed by atoms with Crippen LogP contribution in [-0.4, -0.2) is 19.7 Å². The van der Waals surface area contributed by atoms with E-state index in [1.165, 1.54) is 12.1 Å². The molecule has 0 aromatic carbocycles. The summed E-state index contributed by atoms with van der Waals surface area (Å²) >= 11 is 0. The summed E-state index contributed by atoms with van der Waals surface area (Å²) in [7, 11) is 1.84. The third-order valence-electron chi connectivity index (χ3n) is 2.97. The quantitative estimate of drug-likeness (QED) is 0.667. The van der Waals surface area contributed by atoms with Crippen molar-refractivity contribution < 1.29 is 4.92 Å². The monoisotopic (exact) mass is 272 g/mol. The maximum Gasteiger partial charge on any atom is 0.305 e. The maximum absolute atomic E-state index is 10.7. The van der Waals surface area contributed by atoms with Crippen LogP contribution in [0.2, 0.25) is 0 Å². The van der Waals surface area contributed by atoms with Crippen LogP contribution >= 0.6 is 0 Å². The minimum absolute atomic E-state index is 0.206. The van der Waals surface area contributed by atoms with E-state index in [1.54, 1.807) is 16.9 Å². The molecule has 1 N–H and O–H groups in total. The Bertz CT molecular complexity index is 700. The molecule has 0 fully saturated rings. The van der Waals surface area contributed by atoms with Crippen LogP contribution < -0.4 is 5.32 Å². The number of nitriles is 1. The molecule has 0 saturated carbocycles. The number of hydrogen-bond acceptors (Lipinski definition) is 6. The lowest BCUT2D eigenvalue weighted by atomic mass is 10.2. The standard InChI is InChI=1S/C12H12N6O2/c1-8-9(7-15-17(8)2)6-14-12-4-3-11(18(19)20)10(5-13)16-12/h3-4,7H,6H2,1-2H3,(H,14,16). The number of aryl methyl sites for hydroxylation is 1. The third-order valence-corrected chi connectivity index (χ3v) is 2.97. The highest BCUT2D eigenvalue weighted by Crippen LogP contribution is 2.18. The molecular formula is C12H12N6O2. The van der Waals surface area contributed by atoms with Gasteiger partial charge in [-0.25, -0.2) is 4.98 Å². The largest absolute Gasteiger partial charge is 0.366 e. The molecule has 0 radical (unpaired) electrons. The van der Waals surface area contributed by atoms with Gasteiger partial charge >= 0.3 is 5.69 Å². The lowest BCUT2D eigenvalue weighted by Crippen LogP contribution is -2.04. The molecule has 0 aliphatic rings. The molecule has 2 heterocycles. The predicted octanol–water partition coefficient (Wildman–Crippen LogP) is 1.52. The highest BCUT2D eigenvalue weighted by atomic mass is 16.6.